The summed E-state index contributed by atoms with van der Waals surface area (Å²) in [5.74, 6) is 0. The van der Waals surface area contributed by atoms with E-state index < -0.39 is 0 Å². The Balaban J connectivity index is 1.68. The lowest BCUT2D eigenvalue weighted by atomic mass is 9.94. The van der Waals surface area contributed by atoms with Gasteiger partial charge >= 0.3 is 0 Å². The van der Waals surface area contributed by atoms with Gasteiger partial charge in [0.2, 0.25) is 0 Å². The Hall–Kier alpha value is -2.61. The molecule has 0 saturated heterocycles. The zero-order valence-corrected chi connectivity index (χ0v) is 22.2. The van der Waals surface area contributed by atoms with E-state index in [9.17, 15) is 4.79 Å². The third kappa shape index (κ3) is 3.17. The number of aryl methyl sites for hydroxylation is 2. The van der Waals surface area contributed by atoms with E-state index in [1.165, 1.54) is 43.4 Å². The molecule has 2 aromatic heterocycles. The summed E-state index contributed by atoms with van der Waals surface area (Å²) in [5.41, 5.74) is 7.69. The summed E-state index contributed by atoms with van der Waals surface area (Å²) in [6.07, 6.45) is 3.17. The molecular weight excluding hydrogens is 479 g/mol. The number of rotatable bonds is 2. The summed E-state index contributed by atoms with van der Waals surface area (Å²) in [7, 11) is 2.08. The van der Waals surface area contributed by atoms with E-state index in [0.29, 0.717) is 6.54 Å². The highest BCUT2D eigenvalue weighted by atomic mass is 32.2. The molecular formula is C27H26N3OS3+. The van der Waals surface area contributed by atoms with Gasteiger partial charge in [-0.25, -0.2) is 0 Å². The maximum absolute atomic E-state index is 13.8. The molecule has 0 bridgehead atoms. The molecule has 2 aromatic carbocycles. The fraction of sp³-hybridized carbons (Fsp3) is 0.259. The molecule has 0 radical (unpaired) electrons. The minimum atomic E-state index is 0.107. The quantitative estimate of drug-likeness (QED) is 0.340. The van der Waals surface area contributed by atoms with Gasteiger partial charge in [-0.1, -0.05) is 54.3 Å². The first-order valence-electron chi connectivity index (χ1n) is 11.6. The van der Waals surface area contributed by atoms with Gasteiger partial charge in [0.05, 0.1) is 16.6 Å². The van der Waals surface area contributed by atoms with Crippen molar-refractivity contribution in [1.29, 1.82) is 0 Å². The van der Waals surface area contributed by atoms with Crippen LogP contribution in [0.4, 0.5) is 5.69 Å². The lowest BCUT2D eigenvalue weighted by molar-refractivity contribution is -0.687. The van der Waals surface area contributed by atoms with Crippen molar-refractivity contribution in [2.45, 2.75) is 45.2 Å². The van der Waals surface area contributed by atoms with Crippen LogP contribution >= 0.6 is 34.4 Å². The largest absolute Gasteiger partial charge is 0.337 e. The van der Waals surface area contributed by atoms with Gasteiger partial charge in [-0.05, 0) is 43.5 Å². The molecule has 2 aliphatic rings. The Morgan fingerprint density at radius 2 is 2.00 bits per heavy atom. The van der Waals surface area contributed by atoms with Gasteiger partial charge in [-0.15, -0.1) is 11.3 Å². The Morgan fingerprint density at radius 3 is 2.79 bits per heavy atom. The predicted molar refractivity (Wildman–Crippen MR) is 143 cm³/mol. The average molecular weight is 505 g/mol. The van der Waals surface area contributed by atoms with Crippen molar-refractivity contribution in [3.05, 3.63) is 94.8 Å². The molecule has 0 unspecified atom stereocenters. The Kier molecular flexibility index (Phi) is 5.32. The maximum Gasteiger partial charge on any atom is 0.272 e. The first-order chi connectivity index (χ1) is 16.5. The van der Waals surface area contributed by atoms with E-state index in [-0.39, 0.29) is 5.56 Å². The van der Waals surface area contributed by atoms with Crippen LogP contribution < -0.4 is 24.2 Å². The minimum absolute atomic E-state index is 0.107. The number of hydrogen-bond acceptors (Lipinski definition) is 5. The predicted octanol–water partition coefficient (Wildman–Crippen LogP) is 4.07. The number of benzene rings is 2. The number of aromatic nitrogens is 2. The van der Waals surface area contributed by atoms with Crippen LogP contribution in [0.5, 0.6) is 0 Å². The van der Waals surface area contributed by atoms with E-state index in [2.05, 4.69) is 85.3 Å². The molecule has 0 atom stereocenters. The van der Waals surface area contributed by atoms with Crippen LogP contribution in [-0.2, 0) is 19.5 Å². The van der Waals surface area contributed by atoms with Crippen molar-refractivity contribution in [2.24, 2.45) is 0 Å². The van der Waals surface area contributed by atoms with Crippen LogP contribution in [0.15, 0.2) is 57.7 Å². The highest BCUT2D eigenvalue weighted by molar-refractivity contribution is 8.08. The van der Waals surface area contributed by atoms with Crippen LogP contribution in [0, 0.1) is 6.92 Å². The second kappa shape index (κ2) is 8.26. The second-order valence-electron chi connectivity index (χ2n) is 8.72. The number of anilines is 1. The van der Waals surface area contributed by atoms with E-state index in [1.54, 1.807) is 34.4 Å². The number of fused-ring (bicyclic) bond motifs is 3. The molecule has 7 heteroatoms. The monoisotopic (exact) mass is 504 g/mol. The minimum Gasteiger partial charge on any atom is -0.337 e. The van der Waals surface area contributed by atoms with Crippen molar-refractivity contribution in [1.82, 2.24) is 4.57 Å². The normalized spacial score (nSPS) is 17.6. The van der Waals surface area contributed by atoms with Gasteiger partial charge in [0, 0.05) is 29.6 Å². The van der Waals surface area contributed by atoms with E-state index in [4.69, 9.17) is 0 Å². The molecule has 34 heavy (non-hydrogen) atoms. The number of thiazole rings is 2. The van der Waals surface area contributed by atoms with Gasteiger partial charge in [-0.3, -0.25) is 9.36 Å². The van der Waals surface area contributed by atoms with Gasteiger partial charge in [0.25, 0.3) is 10.6 Å². The molecule has 0 saturated carbocycles. The first kappa shape index (κ1) is 21.9. The van der Waals surface area contributed by atoms with Crippen molar-refractivity contribution in [3.8, 4) is 0 Å². The molecule has 4 nitrogen and oxygen atoms in total. The molecule has 0 amide bonds. The summed E-state index contributed by atoms with van der Waals surface area (Å²) < 4.78 is 6.18. The highest BCUT2D eigenvalue weighted by Crippen LogP contribution is 2.45. The SMILES string of the molecule is CCc1ccc2c(c1)S/C(=c1/s/c(=C3/c4cccc(C)c4C[n+]4ccsc43)n(CC)c1=O)N2C. The topological polar surface area (TPSA) is 29.1 Å². The van der Waals surface area contributed by atoms with Gasteiger partial charge < -0.3 is 4.90 Å². The van der Waals surface area contributed by atoms with Crippen LogP contribution in [0.1, 0.15) is 41.1 Å². The summed E-state index contributed by atoms with van der Waals surface area (Å²) in [6, 6.07) is 13.2. The molecule has 0 aliphatic carbocycles. The van der Waals surface area contributed by atoms with E-state index >= 15 is 0 Å². The lowest BCUT2D eigenvalue weighted by Crippen LogP contribution is -2.42. The molecule has 4 heterocycles. The zero-order valence-electron chi connectivity index (χ0n) is 19.7. The van der Waals surface area contributed by atoms with Crippen molar-refractivity contribution < 1.29 is 4.57 Å². The van der Waals surface area contributed by atoms with Crippen LogP contribution in [0.25, 0.3) is 10.6 Å². The van der Waals surface area contributed by atoms with Crippen LogP contribution in [-0.4, -0.2) is 11.6 Å². The Labute approximate surface area is 211 Å². The molecule has 172 valence electrons. The Bertz CT molecular complexity index is 1640. The summed E-state index contributed by atoms with van der Waals surface area (Å²) in [4.78, 5) is 17.2. The number of hydrogen-bond donors (Lipinski definition) is 0. The summed E-state index contributed by atoms with van der Waals surface area (Å²) in [6.45, 7) is 7.96. The van der Waals surface area contributed by atoms with Gasteiger partial charge in [0.1, 0.15) is 14.2 Å². The smallest absolute Gasteiger partial charge is 0.272 e. The zero-order chi connectivity index (χ0) is 23.6. The lowest BCUT2D eigenvalue weighted by Gasteiger charge is -2.16. The van der Waals surface area contributed by atoms with Gasteiger partial charge in [-0.2, -0.15) is 4.57 Å². The van der Waals surface area contributed by atoms with Crippen molar-refractivity contribution in [3.63, 3.8) is 0 Å². The number of nitrogens with zero attached hydrogens (tertiary/aromatic N) is 3. The maximum atomic E-state index is 13.8. The molecule has 0 fully saturated rings. The van der Waals surface area contributed by atoms with E-state index in [0.717, 1.165) is 27.2 Å². The third-order valence-corrected chi connectivity index (χ3v) is 10.3. The first-order valence-corrected chi connectivity index (χ1v) is 14.1. The highest BCUT2D eigenvalue weighted by Gasteiger charge is 2.32. The molecule has 0 N–H and O–H groups in total. The van der Waals surface area contributed by atoms with E-state index in [1.807, 2.05) is 4.57 Å². The van der Waals surface area contributed by atoms with Gasteiger partial charge in [0.15, 0.2) is 12.7 Å². The third-order valence-electron chi connectivity index (χ3n) is 6.82. The number of thioether (sulfide) groups is 1. The van der Waals surface area contributed by atoms with Crippen molar-refractivity contribution >= 4 is 50.7 Å². The fourth-order valence-corrected chi connectivity index (χ4v) is 8.53. The molecule has 0 spiro atoms. The van der Waals surface area contributed by atoms with Crippen LogP contribution in [0.2, 0.25) is 0 Å². The standard InChI is InChI=1S/C27H26N3OS3/c1-5-17-10-11-20-21(14-17)33-27(28(20)4)23-24(31)30(6-2)26(34-23)22-18-9-7-8-16(3)19(18)15-29-12-13-32-25(22)29/h7-14H,5-6,15H2,1-4H3/q+1/b27-23+. The molecule has 6 rings (SSSR count). The molecule has 2 aliphatic heterocycles. The van der Waals surface area contributed by atoms with Crippen molar-refractivity contribution in [2.75, 3.05) is 11.9 Å². The Morgan fingerprint density at radius 1 is 1.15 bits per heavy atom. The molecule has 4 aromatic rings. The second-order valence-corrected chi connectivity index (χ2v) is 11.6. The summed E-state index contributed by atoms with van der Waals surface area (Å²) >= 11 is 5.12. The fourth-order valence-electron chi connectivity index (χ4n) is 4.91. The average Bonchev–Trinajstić information content (AvgIpc) is 3.53. The van der Waals surface area contributed by atoms with Crippen LogP contribution in [0.3, 0.4) is 0 Å². The summed E-state index contributed by atoms with van der Waals surface area (Å²) in [5, 5.41) is 4.41.